The second-order valence-electron chi connectivity index (χ2n) is 7.05. The Kier molecular flexibility index (Phi) is 6.82. The van der Waals surface area contributed by atoms with E-state index in [9.17, 15) is 13.2 Å². The average Bonchev–Trinajstić information content (AvgIpc) is 2.68. The lowest BCUT2D eigenvalue weighted by molar-refractivity contribution is 0.0954. The fourth-order valence-electron chi connectivity index (χ4n) is 3.15. The number of benzene rings is 2. The normalized spacial score (nSPS) is 18.4. The molecule has 1 saturated carbocycles. The highest BCUT2D eigenvalue weighted by molar-refractivity contribution is 7.92. The van der Waals surface area contributed by atoms with Gasteiger partial charge in [-0.2, -0.15) is 5.10 Å². The molecule has 0 bridgehead atoms. The van der Waals surface area contributed by atoms with Crippen molar-refractivity contribution in [2.45, 2.75) is 37.5 Å². The van der Waals surface area contributed by atoms with Crippen molar-refractivity contribution in [3.63, 3.8) is 0 Å². The summed E-state index contributed by atoms with van der Waals surface area (Å²) in [5.74, 6) is 0.0455. The largest absolute Gasteiger partial charge is 0.278 e. The first-order valence-corrected chi connectivity index (χ1v) is 11.4. The van der Waals surface area contributed by atoms with Crippen molar-refractivity contribution in [2.24, 2.45) is 11.0 Å². The molecule has 154 valence electrons. The third kappa shape index (κ3) is 5.50. The van der Waals surface area contributed by atoms with Crippen molar-refractivity contribution >= 4 is 50.5 Å². The summed E-state index contributed by atoms with van der Waals surface area (Å²) >= 11 is 12.1. The lowest BCUT2D eigenvalue weighted by atomic mass is 9.89. The predicted octanol–water partition coefficient (Wildman–Crippen LogP) is 5.09. The van der Waals surface area contributed by atoms with Gasteiger partial charge < -0.3 is 0 Å². The number of hydrogen-bond donors (Lipinski definition) is 2. The standard InChI is InChI=1S/C20H21Cl2N3O3S/c1-13-5-4-6-15(11-13)23-24-20(26)14-9-10-17(22)19(12-14)29(27,28)25-18-8-3-2-7-16(18)21/h2-3,7-10,12-13,25H,4-6,11H2,1H3,(H,24,26). The monoisotopic (exact) mass is 453 g/mol. The number of sulfonamides is 1. The van der Waals surface area contributed by atoms with Crippen LogP contribution < -0.4 is 10.1 Å². The molecule has 0 spiro atoms. The zero-order valence-electron chi connectivity index (χ0n) is 15.8. The fraction of sp³-hybridized carbons (Fsp3) is 0.300. The van der Waals surface area contributed by atoms with E-state index in [1.165, 1.54) is 24.3 Å². The summed E-state index contributed by atoms with van der Waals surface area (Å²) in [7, 11) is -4.05. The van der Waals surface area contributed by atoms with Gasteiger partial charge in [0.25, 0.3) is 15.9 Å². The van der Waals surface area contributed by atoms with Crippen LogP contribution >= 0.6 is 23.2 Å². The van der Waals surface area contributed by atoms with Crippen molar-refractivity contribution < 1.29 is 13.2 Å². The minimum Gasteiger partial charge on any atom is -0.278 e. The van der Waals surface area contributed by atoms with Gasteiger partial charge in [-0.15, -0.1) is 0 Å². The number of halogens is 2. The van der Waals surface area contributed by atoms with Crippen LogP contribution in [-0.2, 0) is 10.0 Å². The second-order valence-corrected chi connectivity index (χ2v) is 9.52. The van der Waals surface area contributed by atoms with E-state index in [0.717, 1.165) is 31.4 Å². The number of carbonyl (C=O) groups excluding carboxylic acids is 1. The highest BCUT2D eigenvalue weighted by Gasteiger charge is 2.21. The van der Waals surface area contributed by atoms with Gasteiger partial charge in [-0.1, -0.05) is 42.3 Å². The molecule has 1 fully saturated rings. The van der Waals surface area contributed by atoms with Crippen LogP contribution in [0.5, 0.6) is 0 Å². The molecular weight excluding hydrogens is 433 g/mol. The van der Waals surface area contributed by atoms with Crippen LogP contribution in [0.4, 0.5) is 5.69 Å². The molecule has 2 aromatic carbocycles. The fourth-order valence-corrected chi connectivity index (χ4v) is 5.00. The first kappa shape index (κ1) is 21.6. The molecule has 2 aromatic rings. The molecule has 6 nitrogen and oxygen atoms in total. The van der Waals surface area contributed by atoms with Crippen molar-refractivity contribution in [3.8, 4) is 0 Å². The molecule has 1 amide bonds. The third-order valence-electron chi connectivity index (χ3n) is 4.66. The van der Waals surface area contributed by atoms with E-state index in [-0.39, 0.29) is 26.2 Å². The lowest BCUT2D eigenvalue weighted by Crippen LogP contribution is -2.23. The van der Waals surface area contributed by atoms with E-state index in [4.69, 9.17) is 23.2 Å². The Balaban J connectivity index is 1.81. The number of hydrazone groups is 1. The quantitative estimate of drug-likeness (QED) is 0.617. The van der Waals surface area contributed by atoms with Gasteiger partial charge in [0.1, 0.15) is 4.90 Å². The van der Waals surface area contributed by atoms with Gasteiger partial charge >= 0.3 is 0 Å². The lowest BCUT2D eigenvalue weighted by Gasteiger charge is -2.19. The Labute approximate surface area is 180 Å². The summed E-state index contributed by atoms with van der Waals surface area (Å²) in [6, 6.07) is 10.5. The molecule has 9 heteroatoms. The SMILES string of the molecule is CC1CCCC(=NNC(=O)c2ccc(Cl)c(S(=O)(=O)Nc3ccccc3Cl)c2)C1. The third-order valence-corrected chi connectivity index (χ3v) is 6.84. The minimum atomic E-state index is -4.05. The number of amides is 1. The van der Waals surface area contributed by atoms with Gasteiger partial charge in [-0.25, -0.2) is 13.8 Å². The molecule has 0 aromatic heterocycles. The summed E-state index contributed by atoms with van der Waals surface area (Å²) in [6.45, 7) is 2.15. The second kappa shape index (κ2) is 9.15. The molecule has 2 N–H and O–H groups in total. The predicted molar refractivity (Wildman–Crippen MR) is 116 cm³/mol. The van der Waals surface area contributed by atoms with E-state index >= 15 is 0 Å². The number of hydrogen-bond acceptors (Lipinski definition) is 4. The smallest absolute Gasteiger partial charge is 0.271 e. The van der Waals surface area contributed by atoms with E-state index in [0.29, 0.717) is 5.92 Å². The summed E-state index contributed by atoms with van der Waals surface area (Å²) in [4.78, 5) is 12.3. The molecule has 29 heavy (non-hydrogen) atoms. The Morgan fingerprint density at radius 3 is 2.62 bits per heavy atom. The summed E-state index contributed by atoms with van der Waals surface area (Å²) in [5, 5.41) is 4.45. The van der Waals surface area contributed by atoms with E-state index in [2.05, 4.69) is 22.2 Å². The van der Waals surface area contributed by atoms with Crippen molar-refractivity contribution in [3.05, 3.63) is 58.1 Å². The maximum absolute atomic E-state index is 12.8. The van der Waals surface area contributed by atoms with Crippen LogP contribution in [0, 0.1) is 5.92 Å². The number of anilines is 1. The van der Waals surface area contributed by atoms with E-state index in [1.807, 2.05) is 0 Å². The molecule has 0 heterocycles. The number of rotatable bonds is 5. The van der Waals surface area contributed by atoms with Crippen molar-refractivity contribution in [2.75, 3.05) is 4.72 Å². The maximum atomic E-state index is 12.8. The zero-order chi connectivity index (χ0) is 21.0. The van der Waals surface area contributed by atoms with Crippen LogP contribution in [0.1, 0.15) is 43.0 Å². The van der Waals surface area contributed by atoms with Crippen LogP contribution in [0.25, 0.3) is 0 Å². The van der Waals surface area contributed by atoms with Gasteiger partial charge in [0, 0.05) is 11.3 Å². The van der Waals surface area contributed by atoms with Gasteiger partial charge in [0.15, 0.2) is 0 Å². The first-order chi connectivity index (χ1) is 13.8. The van der Waals surface area contributed by atoms with Crippen molar-refractivity contribution in [1.29, 1.82) is 0 Å². The molecule has 1 aliphatic rings. The van der Waals surface area contributed by atoms with Crippen LogP contribution in [-0.4, -0.2) is 20.0 Å². The number of carbonyl (C=O) groups is 1. The molecule has 1 atom stereocenters. The molecule has 0 radical (unpaired) electrons. The Bertz CT molecular complexity index is 1050. The highest BCUT2D eigenvalue weighted by atomic mass is 35.5. The molecule has 0 aliphatic heterocycles. The van der Waals surface area contributed by atoms with Crippen molar-refractivity contribution in [1.82, 2.24) is 5.43 Å². The molecular formula is C20H21Cl2N3O3S. The first-order valence-electron chi connectivity index (χ1n) is 9.19. The minimum absolute atomic E-state index is 0.00600. The maximum Gasteiger partial charge on any atom is 0.271 e. The summed E-state index contributed by atoms with van der Waals surface area (Å²) < 4.78 is 27.9. The Hall–Kier alpha value is -2.09. The van der Waals surface area contributed by atoms with Crippen LogP contribution in [0.3, 0.4) is 0 Å². The molecule has 1 unspecified atom stereocenters. The van der Waals surface area contributed by atoms with E-state index < -0.39 is 15.9 Å². The average molecular weight is 454 g/mol. The Morgan fingerprint density at radius 2 is 1.90 bits per heavy atom. The summed E-state index contributed by atoms with van der Waals surface area (Å²) in [6.07, 6.45) is 3.91. The van der Waals surface area contributed by atoms with Gasteiger partial charge in [0.05, 0.1) is 15.7 Å². The molecule has 0 saturated heterocycles. The van der Waals surface area contributed by atoms with Crippen LogP contribution in [0.15, 0.2) is 52.5 Å². The highest BCUT2D eigenvalue weighted by Crippen LogP contribution is 2.28. The number of nitrogens with zero attached hydrogens (tertiary/aromatic N) is 1. The van der Waals surface area contributed by atoms with Gasteiger partial charge in [-0.3, -0.25) is 9.52 Å². The zero-order valence-corrected chi connectivity index (χ0v) is 18.1. The number of nitrogens with one attached hydrogen (secondary N) is 2. The topological polar surface area (TPSA) is 87.6 Å². The van der Waals surface area contributed by atoms with Crippen LogP contribution in [0.2, 0.25) is 10.0 Å². The van der Waals surface area contributed by atoms with E-state index in [1.54, 1.807) is 18.2 Å². The van der Waals surface area contributed by atoms with Gasteiger partial charge in [-0.05, 0) is 61.9 Å². The number of para-hydroxylation sites is 1. The summed E-state index contributed by atoms with van der Waals surface area (Å²) in [5.41, 5.74) is 3.82. The molecule has 1 aliphatic carbocycles. The molecule has 3 rings (SSSR count). The van der Waals surface area contributed by atoms with Gasteiger partial charge in [0.2, 0.25) is 0 Å². The Morgan fingerprint density at radius 1 is 1.14 bits per heavy atom.